The molecule has 0 aliphatic carbocycles. The van der Waals surface area contributed by atoms with Gasteiger partial charge in [0.2, 0.25) is 0 Å². The molecule has 2 N–H and O–H groups in total. The van der Waals surface area contributed by atoms with Gasteiger partial charge < -0.3 is 5.73 Å². The van der Waals surface area contributed by atoms with Gasteiger partial charge in [0.25, 0.3) is 0 Å². The fourth-order valence-corrected chi connectivity index (χ4v) is 1.94. The summed E-state index contributed by atoms with van der Waals surface area (Å²) < 4.78 is 0. The Kier molecular flexibility index (Phi) is 12.6. The Morgan fingerprint density at radius 2 is 1.23 bits per heavy atom. The maximum Gasteiger partial charge on any atom is -0.00703 e. The zero-order valence-corrected chi connectivity index (χ0v) is 9.87. The van der Waals surface area contributed by atoms with Gasteiger partial charge in [-0.15, -0.1) is 0 Å². The summed E-state index contributed by atoms with van der Waals surface area (Å²) in [5.74, 6) is 1.34. The third-order valence-electron chi connectivity index (χ3n) is 2.30. The molecule has 0 aliphatic heterocycles. The Bertz CT molecular complexity index is 76.2. The molecule has 0 aromatic carbocycles. The molecule has 0 heterocycles. The second-order valence-corrected chi connectivity index (χ2v) is 4.60. The van der Waals surface area contributed by atoms with Crippen LogP contribution in [0.15, 0.2) is 0 Å². The van der Waals surface area contributed by atoms with E-state index in [9.17, 15) is 0 Å². The fourth-order valence-electron chi connectivity index (χ4n) is 1.45. The van der Waals surface area contributed by atoms with Crippen LogP contribution in [-0.2, 0) is 0 Å². The summed E-state index contributed by atoms with van der Waals surface area (Å²) in [5, 5.41) is 0. The molecule has 80 valence electrons. The Morgan fingerprint density at radius 1 is 0.769 bits per heavy atom. The van der Waals surface area contributed by atoms with Crippen molar-refractivity contribution in [1.29, 1.82) is 0 Å². The van der Waals surface area contributed by atoms with Crippen LogP contribution < -0.4 is 5.73 Å². The van der Waals surface area contributed by atoms with Crippen LogP contribution in [0.2, 0.25) is 0 Å². The first-order chi connectivity index (χ1) is 6.41. The van der Waals surface area contributed by atoms with Crippen LogP contribution in [0.1, 0.15) is 51.4 Å². The van der Waals surface area contributed by atoms with Crippen molar-refractivity contribution in [1.82, 2.24) is 0 Å². The lowest BCUT2D eigenvalue weighted by Gasteiger charge is -2.00. The summed E-state index contributed by atoms with van der Waals surface area (Å²) in [5.41, 5.74) is 5.42. The maximum atomic E-state index is 5.42. The van der Waals surface area contributed by atoms with E-state index in [0.29, 0.717) is 0 Å². The van der Waals surface area contributed by atoms with Crippen LogP contribution in [0.5, 0.6) is 0 Å². The summed E-state index contributed by atoms with van der Waals surface area (Å²) in [6.07, 6.45) is 13.2. The summed E-state index contributed by atoms with van der Waals surface area (Å²) in [4.78, 5) is 0. The van der Waals surface area contributed by atoms with E-state index in [1.54, 1.807) is 0 Å². The summed E-state index contributed by atoms with van der Waals surface area (Å²) >= 11 is 1.96. The largest absolute Gasteiger partial charge is 0.330 e. The highest BCUT2D eigenvalue weighted by molar-refractivity contribution is 7.98. The maximum absolute atomic E-state index is 5.42. The highest BCUT2D eigenvalue weighted by Gasteiger charge is 1.91. The van der Waals surface area contributed by atoms with Crippen molar-refractivity contribution in [2.24, 2.45) is 5.73 Å². The van der Waals surface area contributed by atoms with Gasteiger partial charge in [0.1, 0.15) is 0 Å². The smallest absolute Gasteiger partial charge is 0.00703 e. The molecule has 0 aliphatic rings. The van der Waals surface area contributed by atoms with Gasteiger partial charge in [-0.1, -0.05) is 38.5 Å². The zero-order valence-electron chi connectivity index (χ0n) is 9.06. The van der Waals surface area contributed by atoms with Gasteiger partial charge in [0.15, 0.2) is 0 Å². The number of rotatable bonds is 10. The van der Waals surface area contributed by atoms with Gasteiger partial charge in [0, 0.05) is 0 Å². The van der Waals surface area contributed by atoms with E-state index >= 15 is 0 Å². The Balaban J connectivity index is 2.76. The van der Waals surface area contributed by atoms with Crippen LogP contribution in [0.25, 0.3) is 0 Å². The summed E-state index contributed by atoms with van der Waals surface area (Å²) in [6.45, 7) is 0.869. The van der Waals surface area contributed by atoms with Crippen molar-refractivity contribution < 1.29 is 0 Å². The standard InChI is InChI=1S/C11H25NS/c1-13-11-9-7-5-3-2-4-6-8-10-12/h2-12H2,1H3. The molecule has 0 bridgehead atoms. The van der Waals surface area contributed by atoms with Crippen molar-refractivity contribution in [2.45, 2.75) is 51.4 Å². The quantitative estimate of drug-likeness (QED) is 0.551. The molecule has 0 aromatic rings. The molecule has 1 nitrogen and oxygen atoms in total. The monoisotopic (exact) mass is 203 g/mol. The van der Waals surface area contributed by atoms with Gasteiger partial charge in [-0.3, -0.25) is 0 Å². The molecule has 2 heteroatoms. The van der Waals surface area contributed by atoms with Crippen molar-refractivity contribution in [3.05, 3.63) is 0 Å². The van der Waals surface area contributed by atoms with Crippen LogP contribution >= 0.6 is 11.8 Å². The van der Waals surface area contributed by atoms with Gasteiger partial charge in [0.05, 0.1) is 0 Å². The molecule has 0 saturated carbocycles. The Hall–Kier alpha value is 0.310. The third-order valence-corrected chi connectivity index (χ3v) is 3.00. The van der Waals surface area contributed by atoms with E-state index in [4.69, 9.17) is 5.73 Å². The SMILES string of the molecule is CSCCCCCCCCCCN. The molecule has 0 atom stereocenters. The van der Waals surface area contributed by atoms with Gasteiger partial charge in [-0.05, 0) is 31.4 Å². The van der Waals surface area contributed by atoms with Crippen molar-refractivity contribution in [3.63, 3.8) is 0 Å². The molecule has 0 radical (unpaired) electrons. The van der Waals surface area contributed by atoms with E-state index in [0.717, 1.165) is 6.54 Å². The first-order valence-electron chi connectivity index (χ1n) is 5.61. The third kappa shape index (κ3) is 12.3. The van der Waals surface area contributed by atoms with Crippen molar-refractivity contribution in [3.8, 4) is 0 Å². The summed E-state index contributed by atoms with van der Waals surface area (Å²) in [6, 6.07) is 0. The highest BCUT2D eigenvalue weighted by atomic mass is 32.2. The molecular weight excluding hydrogens is 178 g/mol. The molecule has 0 saturated heterocycles. The Morgan fingerprint density at radius 3 is 1.69 bits per heavy atom. The molecule has 0 fully saturated rings. The minimum atomic E-state index is 0.869. The molecule has 13 heavy (non-hydrogen) atoms. The molecule has 0 aromatic heterocycles. The van der Waals surface area contributed by atoms with E-state index in [1.807, 2.05) is 11.8 Å². The molecule has 0 spiro atoms. The fraction of sp³-hybridized carbons (Fsp3) is 1.00. The van der Waals surface area contributed by atoms with Gasteiger partial charge in [-0.2, -0.15) is 11.8 Å². The second-order valence-electron chi connectivity index (χ2n) is 3.61. The number of nitrogens with two attached hydrogens (primary N) is 1. The van der Waals surface area contributed by atoms with Crippen molar-refractivity contribution in [2.75, 3.05) is 18.6 Å². The van der Waals surface area contributed by atoms with Crippen LogP contribution in [0, 0.1) is 0 Å². The zero-order chi connectivity index (χ0) is 9.78. The molecular formula is C11H25NS. The van der Waals surface area contributed by atoms with E-state index in [-0.39, 0.29) is 0 Å². The minimum Gasteiger partial charge on any atom is -0.330 e. The normalized spacial score (nSPS) is 10.6. The predicted molar refractivity (Wildman–Crippen MR) is 64.4 cm³/mol. The minimum absolute atomic E-state index is 0.869. The first kappa shape index (κ1) is 13.3. The number of unbranched alkanes of at least 4 members (excludes halogenated alkanes) is 7. The van der Waals surface area contributed by atoms with E-state index in [1.165, 1.54) is 57.1 Å². The lowest BCUT2D eigenvalue weighted by molar-refractivity contribution is 0.579. The van der Waals surface area contributed by atoms with Gasteiger partial charge >= 0.3 is 0 Å². The average Bonchev–Trinajstić information content (AvgIpc) is 2.16. The first-order valence-corrected chi connectivity index (χ1v) is 7.00. The second kappa shape index (κ2) is 12.3. The number of hydrogen-bond acceptors (Lipinski definition) is 2. The van der Waals surface area contributed by atoms with Crippen LogP contribution in [0.4, 0.5) is 0 Å². The topological polar surface area (TPSA) is 26.0 Å². The van der Waals surface area contributed by atoms with Crippen LogP contribution in [-0.4, -0.2) is 18.6 Å². The van der Waals surface area contributed by atoms with Crippen LogP contribution in [0.3, 0.4) is 0 Å². The van der Waals surface area contributed by atoms with Crippen molar-refractivity contribution >= 4 is 11.8 Å². The molecule has 0 amide bonds. The lowest BCUT2D eigenvalue weighted by atomic mass is 10.1. The number of thioether (sulfide) groups is 1. The summed E-state index contributed by atoms with van der Waals surface area (Å²) in [7, 11) is 0. The molecule has 0 rings (SSSR count). The molecule has 0 unspecified atom stereocenters. The highest BCUT2D eigenvalue weighted by Crippen LogP contribution is 2.09. The average molecular weight is 203 g/mol. The van der Waals surface area contributed by atoms with E-state index in [2.05, 4.69) is 6.26 Å². The van der Waals surface area contributed by atoms with E-state index < -0.39 is 0 Å². The Labute approximate surface area is 87.9 Å². The lowest BCUT2D eigenvalue weighted by Crippen LogP contribution is -1.97. The predicted octanol–water partition coefficient (Wildman–Crippen LogP) is 3.43. The van der Waals surface area contributed by atoms with Gasteiger partial charge in [-0.25, -0.2) is 0 Å². The number of hydrogen-bond donors (Lipinski definition) is 1.